The number of fused-ring (bicyclic) bond motifs is 1. The maximum Gasteiger partial charge on any atom is 0.323 e. The van der Waals surface area contributed by atoms with Crippen molar-refractivity contribution in [2.75, 3.05) is 18.5 Å². The second-order valence-corrected chi connectivity index (χ2v) is 3.76. The van der Waals surface area contributed by atoms with Gasteiger partial charge in [-0.15, -0.1) is 0 Å². The fraction of sp³-hybridized carbons (Fsp3) is 0.167. The molecule has 0 spiro atoms. The summed E-state index contributed by atoms with van der Waals surface area (Å²) in [6, 6.07) is 7.69. The normalized spacial score (nSPS) is 10.5. The molecule has 88 valence electrons. The lowest BCUT2D eigenvalue weighted by Crippen LogP contribution is -2.25. The Morgan fingerprint density at radius 2 is 2.18 bits per heavy atom. The summed E-state index contributed by atoms with van der Waals surface area (Å²) in [5.74, 6) is -0.689. The Morgan fingerprint density at radius 3 is 2.88 bits per heavy atom. The van der Waals surface area contributed by atoms with Crippen LogP contribution in [-0.2, 0) is 4.79 Å². The number of hydrogen-bond acceptors (Lipinski definition) is 3. The third-order valence-electron chi connectivity index (χ3n) is 2.40. The number of aromatic nitrogens is 1. The monoisotopic (exact) mass is 234 g/mol. The minimum atomic E-state index is -0.923. The lowest BCUT2D eigenvalue weighted by Gasteiger charge is -2.15. The van der Waals surface area contributed by atoms with Gasteiger partial charge in [0.2, 0.25) is 0 Å². The van der Waals surface area contributed by atoms with Crippen LogP contribution in [0.2, 0.25) is 0 Å². The number of carboxylic acid groups (broad SMARTS) is 1. The van der Waals surface area contributed by atoms with E-state index in [9.17, 15) is 9.18 Å². The molecule has 0 saturated carbocycles. The molecule has 1 aromatic heterocycles. The molecular formula is C12H11FN2O2. The molecule has 17 heavy (non-hydrogen) atoms. The zero-order chi connectivity index (χ0) is 12.4. The molecule has 0 aliphatic heterocycles. The number of anilines is 1. The first-order valence-electron chi connectivity index (χ1n) is 5.05. The molecule has 4 nitrogen and oxygen atoms in total. The van der Waals surface area contributed by atoms with E-state index in [-0.39, 0.29) is 12.4 Å². The predicted molar refractivity (Wildman–Crippen MR) is 62.6 cm³/mol. The molecule has 0 unspecified atom stereocenters. The SMILES string of the molecule is CN(CC(=O)O)c1ccc2cc(F)ccc2n1. The smallest absolute Gasteiger partial charge is 0.323 e. The van der Waals surface area contributed by atoms with Crippen LogP contribution in [0.3, 0.4) is 0 Å². The third kappa shape index (κ3) is 2.50. The van der Waals surface area contributed by atoms with Crippen LogP contribution >= 0.6 is 0 Å². The molecule has 0 radical (unpaired) electrons. The van der Waals surface area contributed by atoms with Gasteiger partial charge in [-0.05, 0) is 30.3 Å². The maximum absolute atomic E-state index is 13.0. The van der Waals surface area contributed by atoms with Crippen molar-refractivity contribution in [2.45, 2.75) is 0 Å². The van der Waals surface area contributed by atoms with Gasteiger partial charge in [-0.2, -0.15) is 0 Å². The standard InChI is InChI=1S/C12H11FN2O2/c1-15(7-12(16)17)11-5-2-8-6-9(13)3-4-10(8)14-11/h2-6H,7H2,1H3,(H,16,17). The number of nitrogens with zero attached hydrogens (tertiary/aromatic N) is 2. The van der Waals surface area contributed by atoms with Gasteiger partial charge in [-0.1, -0.05) is 0 Å². The topological polar surface area (TPSA) is 53.4 Å². The number of pyridine rings is 1. The van der Waals surface area contributed by atoms with Gasteiger partial charge in [0.1, 0.15) is 18.2 Å². The van der Waals surface area contributed by atoms with Gasteiger partial charge < -0.3 is 10.0 Å². The van der Waals surface area contributed by atoms with Crippen molar-refractivity contribution < 1.29 is 14.3 Å². The third-order valence-corrected chi connectivity index (χ3v) is 2.40. The number of carbonyl (C=O) groups is 1. The van der Waals surface area contributed by atoms with Crippen LogP contribution < -0.4 is 4.90 Å². The highest BCUT2D eigenvalue weighted by Crippen LogP contribution is 2.18. The van der Waals surface area contributed by atoms with Crippen molar-refractivity contribution in [3.63, 3.8) is 0 Å². The highest BCUT2D eigenvalue weighted by molar-refractivity contribution is 5.81. The summed E-state index contributed by atoms with van der Waals surface area (Å²) >= 11 is 0. The van der Waals surface area contributed by atoms with E-state index in [0.29, 0.717) is 16.7 Å². The molecule has 0 bridgehead atoms. The van der Waals surface area contributed by atoms with Crippen molar-refractivity contribution in [3.05, 3.63) is 36.1 Å². The summed E-state index contributed by atoms with van der Waals surface area (Å²) in [6.45, 7) is -0.125. The highest BCUT2D eigenvalue weighted by atomic mass is 19.1. The van der Waals surface area contributed by atoms with Crippen LogP contribution in [0.4, 0.5) is 10.2 Å². The minimum Gasteiger partial charge on any atom is -0.480 e. The van der Waals surface area contributed by atoms with E-state index >= 15 is 0 Å². The second-order valence-electron chi connectivity index (χ2n) is 3.76. The number of benzene rings is 1. The Kier molecular flexibility index (Phi) is 2.91. The lowest BCUT2D eigenvalue weighted by atomic mass is 10.2. The van der Waals surface area contributed by atoms with Crippen LogP contribution in [0, 0.1) is 5.82 Å². The predicted octanol–water partition coefficient (Wildman–Crippen LogP) is 1.89. The number of rotatable bonds is 3. The molecule has 0 atom stereocenters. The fourth-order valence-electron chi connectivity index (χ4n) is 1.58. The van der Waals surface area contributed by atoms with Crippen LogP contribution in [-0.4, -0.2) is 29.7 Å². The number of halogens is 1. The zero-order valence-corrected chi connectivity index (χ0v) is 9.22. The van der Waals surface area contributed by atoms with Gasteiger partial charge in [0.05, 0.1) is 5.52 Å². The van der Waals surface area contributed by atoms with E-state index in [1.54, 1.807) is 25.2 Å². The molecule has 2 rings (SSSR count). The molecule has 0 amide bonds. The van der Waals surface area contributed by atoms with E-state index in [1.165, 1.54) is 17.0 Å². The van der Waals surface area contributed by atoms with Crippen LogP contribution in [0.15, 0.2) is 30.3 Å². The molecule has 0 fully saturated rings. The first-order chi connectivity index (χ1) is 8.06. The molecule has 0 saturated heterocycles. The molecule has 5 heteroatoms. The lowest BCUT2D eigenvalue weighted by molar-refractivity contribution is -0.135. The van der Waals surface area contributed by atoms with Crippen LogP contribution in [0.1, 0.15) is 0 Å². The first kappa shape index (κ1) is 11.3. The average Bonchev–Trinajstić information content (AvgIpc) is 2.27. The van der Waals surface area contributed by atoms with E-state index in [2.05, 4.69) is 4.98 Å². The van der Waals surface area contributed by atoms with E-state index < -0.39 is 5.97 Å². The molecule has 1 heterocycles. The quantitative estimate of drug-likeness (QED) is 0.881. The number of likely N-dealkylation sites (N-methyl/N-ethyl adjacent to an activating group) is 1. The number of hydrogen-bond donors (Lipinski definition) is 1. The number of aliphatic carboxylic acids is 1. The minimum absolute atomic E-state index is 0.125. The highest BCUT2D eigenvalue weighted by Gasteiger charge is 2.07. The van der Waals surface area contributed by atoms with E-state index in [0.717, 1.165) is 0 Å². The van der Waals surface area contributed by atoms with E-state index in [4.69, 9.17) is 5.11 Å². The van der Waals surface area contributed by atoms with Crippen LogP contribution in [0.5, 0.6) is 0 Å². The molecule has 0 aliphatic carbocycles. The Hall–Kier alpha value is -2.17. The molecule has 2 aromatic rings. The van der Waals surface area contributed by atoms with Crippen molar-refractivity contribution >= 4 is 22.7 Å². The molecule has 0 aliphatic rings. The second kappa shape index (κ2) is 4.37. The molecule has 1 N–H and O–H groups in total. The average molecular weight is 234 g/mol. The Morgan fingerprint density at radius 1 is 1.41 bits per heavy atom. The summed E-state index contributed by atoms with van der Waals surface area (Å²) in [5.41, 5.74) is 0.640. The molecular weight excluding hydrogens is 223 g/mol. The Labute approximate surface area is 97.3 Å². The van der Waals surface area contributed by atoms with Crippen molar-refractivity contribution in [1.82, 2.24) is 4.98 Å². The van der Waals surface area contributed by atoms with Gasteiger partial charge >= 0.3 is 5.97 Å². The van der Waals surface area contributed by atoms with E-state index in [1.807, 2.05) is 0 Å². The van der Waals surface area contributed by atoms with Gasteiger partial charge in [0, 0.05) is 12.4 Å². The first-order valence-corrected chi connectivity index (χ1v) is 5.05. The maximum atomic E-state index is 13.0. The Bertz CT molecular complexity index is 571. The summed E-state index contributed by atoms with van der Waals surface area (Å²) in [7, 11) is 1.64. The van der Waals surface area contributed by atoms with Gasteiger partial charge in [0.15, 0.2) is 0 Å². The van der Waals surface area contributed by atoms with Crippen molar-refractivity contribution in [2.24, 2.45) is 0 Å². The zero-order valence-electron chi connectivity index (χ0n) is 9.22. The largest absolute Gasteiger partial charge is 0.480 e. The van der Waals surface area contributed by atoms with Crippen LogP contribution in [0.25, 0.3) is 10.9 Å². The van der Waals surface area contributed by atoms with Crippen molar-refractivity contribution in [3.8, 4) is 0 Å². The summed E-state index contributed by atoms with van der Waals surface area (Å²) in [4.78, 5) is 16.4. The van der Waals surface area contributed by atoms with Gasteiger partial charge in [-0.25, -0.2) is 9.37 Å². The van der Waals surface area contributed by atoms with Crippen molar-refractivity contribution in [1.29, 1.82) is 0 Å². The summed E-state index contributed by atoms with van der Waals surface area (Å²) < 4.78 is 13.0. The molecule has 1 aromatic carbocycles. The Balaban J connectivity index is 2.37. The summed E-state index contributed by atoms with van der Waals surface area (Å²) in [5, 5.41) is 9.37. The fourth-order valence-corrected chi connectivity index (χ4v) is 1.58. The number of carboxylic acids is 1. The van der Waals surface area contributed by atoms with Gasteiger partial charge in [0.25, 0.3) is 0 Å². The summed E-state index contributed by atoms with van der Waals surface area (Å²) in [6.07, 6.45) is 0. The van der Waals surface area contributed by atoms with Gasteiger partial charge in [-0.3, -0.25) is 4.79 Å².